The van der Waals surface area contributed by atoms with Gasteiger partial charge in [0.25, 0.3) is 0 Å². The van der Waals surface area contributed by atoms with E-state index in [2.05, 4.69) is 10.0 Å². The molecule has 5 nitrogen and oxygen atoms in total. The van der Waals surface area contributed by atoms with E-state index in [9.17, 15) is 17.6 Å². The van der Waals surface area contributed by atoms with Crippen LogP contribution in [0.2, 0.25) is 0 Å². The Kier molecular flexibility index (Phi) is 3.94. The molecule has 1 atom stereocenters. The predicted molar refractivity (Wildman–Crippen MR) is 75.9 cm³/mol. The van der Waals surface area contributed by atoms with Gasteiger partial charge in [-0.2, -0.15) is 13.2 Å². The van der Waals surface area contributed by atoms with Crippen molar-refractivity contribution in [3.8, 4) is 22.6 Å². The Morgan fingerprint density at radius 1 is 1.12 bits per heavy atom. The molecule has 3 rings (SSSR count). The Balaban J connectivity index is 2.11. The zero-order valence-electron chi connectivity index (χ0n) is 11.9. The molecular formula is C15H9F4N3O2. The van der Waals surface area contributed by atoms with Gasteiger partial charge >= 0.3 is 6.18 Å². The van der Waals surface area contributed by atoms with Crippen LogP contribution in [0.25, 0.3) is 21.6 Å². The first kappa shape index (κ1) is 15.9. The van der Waals surface area contributed by atoms with Crippen molar-refractivity contribution in [3.05, 3.63) is 58.2 Å². The fourth-order valence-electron chi connectivity index (χ4n) is 2.42. The third-order valence-corrected chi connectivity index (χ3v) is 3.34. The fourth-order valence-corrected chi connectivity index (χ4v) is 2.42. The van der Waals surface area contributed by atoms with Gasteiger partial charge in [0.15, 0.2) is 11.5 Å². The second kappa shape index (κ2) is 5.93. The summed E-state index contributed by atoms with van der Waals surface area (Å²) in [5.74, 6) is -0.833. The van der Waals surface area contributed by atoms with Gasteiger partial charge in [0.05, 0.1) is 5.56 Å². The Morgan fingerprint density at radius 2 is 1.88 bits per heavy atom. The van der Waals surface area contributed by atoms with Crippen LogP contribution >= 0.6 is 0 Å². The molecule has 0 amide bonds. The smallest absolute Gasteiger partial charge is 0.417 e. The third-order valence-electron chi connectivity index (χ3n) is 3.34. The van der Waals surface area contributed by atoms with E-state index >= 15 is 0 Å². The molecule has 0 bridgehead atoms. The van der Waals surface area contributed by atoms with E-state index in [0.717, 1.165) is 18.2 Å². The lowest BCUT2D eigenvalue weighted by atomic mass is 9.98. The average Bonchev–Trinajstić information content (AvgIpc) is 2.94. The monoisotopic (exact) mass is 339 g/mol. The van der Waals surface area contributed by atoms with Gasteiger partial charge in [-0.25, -0.2) is 4.39 Å². The molecule has 0 aliphatic carbocycles. The summed E-state index contributed by atoms with van der Waals surface area (Å²) in [7, 11) is 0. The number of halogens is 4. The van der Waals surface area contributed by atoms with Gasteiger partial charge in [-0.1, -0.05) is 23.3 Å². The van der Waals surface area contributed by atoms with Gasteiger partial charge in [-0.15, -0.1) is 0 Å². The highest BCUT2D eigenvalue weighted by molar-refractivity contribution is 5.77. The minimum atomic E-state index is -4.61. The van der Waals surface area contributed by atoms with E-state index < -0.39 is 23.8 Å². The number of ether oxygens (including phenoxy) is 2. The topological polar surface area (TPSA) is 67.2 Å². The molecule has 0 saturated carbocycles. The zero-order chi connectivity index (χ0) is 17.3. The van der Waals surface area contributed by atoms with Crippen molar-refractivity contribution in [2.24, 2.45) is 5.11 Å². The molecule has 0 spiro atoms. The summed E-state index contributed by atoms with van der Waals surface area (Å²) >= 11 is 0. The van der Waals surface area contributed by atoms with Crippen LogP contribution in [-0.4, -0.2) is 12.8 Å². The highest BCUT2D eigenvalue weighted by atomic mass is 19.4. The molecule has 0 N–H and O–H groups in total. The Labute approximate surface area is 133 Å². The lowest BCUT2D eigenvalue weighted by molar-refractivity contribution is -0.137. The quantitative estimate of drug-likeness (QED) is 0.345. The van der Waals surface area contributed by atoms with Crippen LogP contribution < -0.4 is 9.47 Å². The van der Waals surface area contributed by atoms with Gasteiger partial charge in [0.2, 0.25) is 6.29 Å². The summed E-state index contributed by atoms with van der Waals surface area (Å²) in [5.41, 5.74) is 7.08. The summed E-state index contributed by atoms with van der Waals surface area (Å²) in [6, 6.07) is 6.73. The minimum absolute atomic E-state index is 0.0220. The second-order valence-electron chi connectivity index (χ2n) is 4.90. The first-order chi connectivity index (χ1) is 11.4. The zero-order valence-corrected chi connectivity index (χ0v) is 11.9. The third kappa shape index (κ3) is 2.93. The molecule has 0 fully saturated rings. The molecule has 0 radical (unpaired) electrons. The molecule has 0 aromatic heterocycles. The lowest BCUT2D eigenvalue weighted by Crippen LogP contribution is -2.21. The van der Waals surface area contributed by atoms with E-state index in [1.807, 2.05) is 0 Å². The minimum Gasteiger partial charge on any atom is -0.451 e. The SMILES string of the molecule is [N-]=[N+]=NCC1Oc2cc(F)cc(-c3ccccc3C(F)(F)F)c2O1. The highest BCUT2D eigenvalue weighted by Crippen LogP contribution is 2.47. The van der Waals surface area contributed by atoms with Crippen LogP contribution in [0.5, 0.6) is 11.5 Å². The largest absolute Gasteiger partial charge is 0.451 e. The standard InChI is InChI=1S/C15H9F4N3O2/c16-8-5-10(9-3-1-2-4-11(9)15(17,18)19)14-12(6-8)23-13(24-14)7-21-22-20/h1-6,13H,7H2. The normalized spacial score (nSPS) is 15.9. The van der Waals surface area contributed by atoms with E-state index in [1.165, 1.54) is 18.2 Å². The van der Waals surface area contributed by atoms with E-state index in [1.54, 1.807) is 0 Å². The molecule has 1 unspecified atom stereocenters. The summed E-state index contributed by atoms with van der Waals surface area (Å²) in [4.78, 5) is 2.55. The second-order valence-corrected chi connectivity index (χ2v) is 4.90. The number of benzene rings is 2. The van der Waals surface area contributed by atoms with Gasteiger partial charge in [0.1, 0.15) is 12.4 Å². The van der Waals surface area contributed by atoms with Crippen LogP contribution in [0, 0.1) is 5.82 Å². The first-order valence-corrected chi connectivity index (χ1v) is 6.74. The average molecular weight is 339 g/mol. The number of fused-ring (bicyclic) bond motifs is 1. The summed E-state index contributed by atoms with van der Waals surface area (Å²) in [5, 5.41) is 3.28. The number of nitrogens with zero attached hydrogens (tertiary/aromatic N) is 3. The van der Waals surface area contributed by atoms with Crippen LogP contribution in [0.4, 0.5) is 17.6 Å². The number of rotatable bonds is 3. The van der Waals surface area contributed by atoms with Gasteiger partial charge in [-0.3, -0.25) is 0 Å². The fraction of sp³-hybridized carbons (Fsp3) is 0.200. The molecule has 1 aliphatic rings. The maximum absolute atomic E-state index is 13.8. The van der Waals surface area contributed by atoms with Crippen molar-refractivity contribution in [1.29, 1.82) is 0 Å². The van der Waals surface area contributed by atoms with Gasteiger partial charge in [-0.05, 0) is 23.2 Å². The first-order valence-electron chi connectivity index (χ1n) is 6.74. The number of hydrogen-bond donors (Lipinski definition) is 0. The molecule has 2 aromatic rings. The van der Waals surface area contributed by atoms with Crippen molar-refractivity contribution in [2.45, 2.75) is 12.5 Å². The van der Waals surface area contributed by atoms with Crippen LogP contribution in [0.3, 0.4) is 0 Å². The highest BCUT2D eigenvalue weighted by Gasteiger charge is 2.36. The number of azide groups is 1. The molecular weight excluding hydrogens is 330 g/mol. The van der Waals surface area contributed by atoms with Crippen LogP contribution in [-0.2, 0) is 6.18 Å². The molecule has 1 aliphatic heterocycles. The van der Waals surface area contributed by atoms with Crippen LogP contribution in [0.1, 0.15) is 5.56 Å². The molecule has 9 heteroatoms. The van der Waals surface area contributed by atoms with E-state index in [-0.39, 0.29) is 29.2 Å². The van der Waals surface area contributed by atoms with E-state index in [0.29, 0.717) is 0 Å². The summed E-state index contributed by atoms with van der Waals surface area (Å²) in [6.07, 6.45) is -5.63. The molecule has 1 heterocycles. The van der Waals surface area contributed by atoms with Crippen molar-refractivity contribution >= 4 is 0 Å². The number of alkyl halides is 3. The number of hydrogen-bond acceptors (Lipinski definition) is 3. The van der Waals surface area contributed by atoms with Gasteiger partial charge in [0, 0.05) is 16.5 Å². The molecule has 124 valence electrons. The Hall–Kier alpha value is -2.93. The van der Waals surface area contributed by atoms with Crippen molar-refractivity contribution in [1.82, 2.24) is 0 Å². The molecule has 24 heavy (non-hydrogen) atoms. The Morgan fingerprint density at radius 3 is 2.58 bits per heavy atom. The van der Waals surface area contributed by atoms with Crippen LogP contribution in [0.15, 0.2) is 41.5 Å². The predicted octanol–water partition coefficient (Wildman–Crippen LogP) is 4.92. The van der Waals surface area contributed by atoms with Gasteiger partial charge < -0.3 is 9.47 Å². The van der Waals surface area contributed by atoms with Crippen molar-refractivity contribution in [2.75, 3.05) is 6.54 Å². The maximum Gasteiger partial charge on any atom is 0.417 e. The Bertz CT molecular complexity index is 832. The van der Waals surface area contributed by atoms with Crippen molar-refractivity contribution < 1.29 is 27.0 Å². The summed E-state index contributed by atoms with van der Waals surface area (Å²) in [6.45, 7) is -0.201. The van der Waals surface area contributed by atoms with Crippen molar-refractivity contribution in [3.63, 3.8) is 0 Å². The summed E-state index contributed by atoms with van der Waals surface area (Å²) < 4.78 is 64.1. The molecule has 0 saturated heterocycles. The maximum atomic E-state index is 13.8. The lowest BCUT2D eigenvalue weighted by Gasteiger charge is -2.14. The van der Waals surface area contributed by atoms with E-state index in [4.69, 9.17) is 15.0 Å². The molecule has 2 aromatic carbocycles.